The molecule has 4 nitrogen and oxygen atoms in total. The zero-order chi connectivity index (χ0) is 15.5. The van der Waals surface area contributed by atoms with E-state index < -0.39 is 0 Å². The molecule has 21 heavy (non-hydrogen) atoms. The van der Waals surface area contributed by atoms with Crippen LogP contribution in [0, 0.1) is 5.41 Å². The van der Waals surface area contributed by atoms with Gasteiger partial charge >= 0.3 is 0 Å². The van der Waals surface area contributed by atoms with E-state index in [2.05, 4.69) is 13.8 Å². The minimum absolute atomic E-state index is 0.0206. The topological polar surface area (TPSA) is 55.6 Å². The Hall–Kier alpha value is -1.71. The van der Waals surface area contributed by atoms with Crippen molar-refractivity contribution >= 4 is 11.6 Å². The normalized spacial score (nSPS) is 17.6. The van der Waals surface area contributed by atoms with E-state index in [0.717, 1.165) is 25.9 Å². The van der Waals surface area contributed by atoms with E-state index in [4.69, 9.17) is 10.5 Å². The number of nitrogen functional groups attached to an aromatic ring is 1. The van der Waals surface area contributed by atoms with Crippen LogP contribution in [0.4, 0.5) is 5.69 Å². The molecule has 0 bridgehead atoms. The van der Waals surface area contributed by atoms with Gasteiger partial charge in [0.05, 0.1) is 18.4 Å². The van der Waals surface area contributed by atoms with Gasteiger partial charge in [-0.2, -0.15) is 0 Å². The van der Waals surface area contributed by atoms with E-state index in [1.54, 1.807) is 19.2 Å². The number of para-hydroxylation sites is 1. The Kier molecular flexibility index (Phi) is 4.76. The zero-order valence-corrected chi connectivity index (χ0v) is 13.3. The fourth-order valence-corrected chi connectivity index (χ4v) is 3.22. The molecule has 2 N–H and O–H groups in total. The van der Waals surface area contributed by atoms with Crippen LogP contribution in [0.3, 0.4) is 0 Å². The molecule has 1 aromatic carbocycles. The number of piperidine rings is 1. The Morgan fingerprint density at radius 1 is 1.29 bits per heavy atom. The Morgan fingerprint density at radius 2 is 1.90 bits per heavy atom. The van der Waals surface area contributed by atoms with Gasteiger partial charge in [0, 0.05) is 13.1 Å². The molecule has 1 amide bonds. The van der Waals surface area contributed by atoms with Crippen molar-refractivity contribution in [3.05, 3.63) is 23.8 Å². The molecule has 116 valence electrons. The fourth-order valence-electron chi connectivity index (χ4n) is 3.22. The van der Waals surface area contributed by atoms with Crippen LogP contribution in [0.5, 0.6) is 5.75 Å². The number of carbonyl (C=O) groups is 1. The number of methoxy groups -OCH3 is 1. The van der Waals surface area contributed by atoms with E-state index in [-0.39, 0.29) is 5.91 Å². The van der Waals surface area contributed by atoms with Crippen LogP contribution in [-0.4, -0.2) is 31.0 Å². The first-order chi connectivity index (χ1) is 10.1. The third-order valence-electron chi connectivity index (χ3n) is 5.13. The van der Waals surface area contributed by atoms with Gasteiger partial charge in [-0.15, -0.1) is 0 Å². The minimum Gasteiger partial charge on any atom is -0.495 e. The van der Waals surface area contributed by atoms with E-state index in [1.165, 1.54) is 12.8 Å². The number of nitrogens with two attached hydrogens (primary N) is 1. The Labute approximate surface area is 127 Å². The number of carbonyl (C=O) groups excluding carboxylic acids is 1. The van der Waals surface area contributed by atoms with Gasteiger partial charge in [0.1, 0.15) is 5.75 Å². The molecule has 0 aliphatic carbocycles. The van der Waals surface area contributed by atoms with Crippen molar-refractivity contribution in [1.29, 1.82) is 0 Å². The second kappa shape index (κ2) is 6.37. The van der Waals surface area contributed by atoms with Crippen molar-refractivity contribution in [3.63, 3.8) is 0 Å². The molecule has 1 aliphatic heterocycles. The Morgan fingerprint density at radius 3 is 2.43 bits per heavy atom. The first-order valence-electron chi connectivity index (χ1n) is 7.78. The molecule has 2 rings (SSSR count). The van der Waals surface area contributed by atoms with Crippen molar-refractivity contribution in [2.24, 2.45) is 5.41 Å². The maximum atomic E-state index is 12.7. The van der Waals surface area contributed by atoms with Gasteiger partial charge in [0.25, 0.3) is 5.91 Å². The predicted molar refractivity (Wildman–Crippen MR) is 85.6 cm³/mol. The summed E-state index contributed by atoms with van der Waals surface area (Å²) in [5.41, 5.74) is 7.44. The summed E-state index contributed by atoms with van der Waals surface area (Å²) in [5.74, 6) is 0.585. The molecule has 0 spiro atoms. The second-order valence-corrected chi connectivity index (χ2v) is 5.92. The summed E-state index contributed by atoms with van der Waals surface area (Å²) in [6, 6.07) is 5.37. The fraction of sp³-hybridized carbons (Fsp3) is 0.588. The van der Waals surface area contributed by atoms with Crippen LogP contribution >= 0.6 is 0 Å². The number of anilines is 1. The highest BCUT2D eigenvalue weighted by Gasteiger charge is 2.33. The van der Waals surface area contributed by atoms with Gasteiger partial charge in [-0.1, -0.05) is 32.8 Å². The molecule has 1 aromatic rings. The van der Waals surface area contributed by atoms with Crippen LogP contribution in [0.1, 0.15) is 49.9 Å². The highest BCUT2D eigenvalue weighted by atomic mass is 16.5. The molecule has 1 fully saturated rings. The molecule has 0 saturated carbocycles. The van der Waals surface area contributed by atoms with E-state index in [9.17, 15) is 4.79 Å². The predicted octanol–water partition coefficient (Wildman–Crippen LogP) is 3.32. The van der Waals surface area contributed by atoms with Gasteiger partial charge in [0.15, 0.2) is 0 Å². The SMILES string of the molecule is CCC1(CC)CCN(C(=O)c2cccc(OC)c2N)CC1. The summed E-state index contributed by atoms with van der Waals surface area (Å²) in [6.45, 7) is 6.14. The average molecular weight is 290 g/mol. The maximum absolute atomic E-state index is 12.7. The number of ether oxygens (including phenoxy) is 1. The largest absolute Gasteiger partial charge is 0.495 e. The van der Waals surface area contributed by atoms with Crippen LogP contribution in [0.2, 0.25) is 0 Å². The molecular formula is C17H26N2O2. The van der Waals surface area contributed by atoms with Crippen molar-refractivity contribution < 1.29 is 9.53 Å². The highest BCUT2D eigenvalue weighted by Crippen LogP contribution is 2.38. The number of likely N-dealkylation sites (tertiary alicyclic amines) is 1. The van der Waals surface area contributed by atoms with Gasteiger partial charge < -0.3 is 15.4 Å². The molecule has 1 aliphatic rings. The van der Waals surface area contributed by atoms with E-state index in [1.807, 2.05) is 11.0 Å². The monoisotopic (exact) mass is 290 g/mol. The lowest BCUT2D eigenvalue weighted by Gasteiger charge is -2.41. The molecule has 0 aromatic heterocycles. The van der Waals surface area contributed by atoms with Gasteiger partial charge in [-0.05, 0) is 30.4 Å². The number of nitrogens with zero attached hydrogens (tertiary/aromatic N) is 1. The first-order valence-corrected chi connectivity index (χ1v) is 7.78. The Bertz CT molecular complexity index is 500. The van der Waals surface area contributed by atoms with Gasteiger partial charge in [0.2, 0.25) is 0 Å². The summed E-state index contributed by atoms with van der Waals surface area (Å²) in [4.78, 5) is 14.6. The lowest BCUT2D eigenvalue weighted by Crippen LogP contribution is -2.43. The van der Waals surface area contributed by atoms with Crippen LogP contribution in [0.15, 0.2) is 18.2 Å². The summed E-state index contributed by atoms with van der Waals surface area (Å²) >= 11 is 0. The smallest absolute Gasteiger partial charge is 0.256 e. The number of hydrogen-bond acceptors (Lipinski definition) is 3. The minimum atomic E-state index is 0.0206. The summed E-state index contributed by atoms with van der Waals surface area (Å²) in [6.07, 6.45) is 4.53. The first kappa shape index (κ1) is 15.7. The molecule has 1 saturated heterocycles. The Balaban J connectivity index is 2.12. The third kappa shape index (κ3) is 2.99. The zero-order valence-electron chi connectivity index (χ0n) is 13.3. The standard InChI is InChI=1S/C17H26N2O2/c1-4-17(5-2)9-11-19(12-10-17)16(20)13-7-6-8-14(21-3)15(13)18/h6-8H,4-5,9-12,18H2,1-3H3. The van der Waals surface area contributed by atoms with Crippen LogP contribution in [-0.2, 0) is 0 Å². The van der Waals surface area contributed by atoms with Crippen molar-refractivity contribution in [3.8, 4) is 5.75 Å². The van der Waals surface area contributed by atoms with Crippen molar-refractivity contribution in [2.45, 2.75) is 39.5 Å². The lowest BCUT2D eigenvalue weighted by molar-refractivity contribution is 0.0558. The number of amides is 1. The summed E-state index contributed by atoms with van der Waals surface area (Å²) in [7, 11) is 1.57. The molecular weight excluding hydrogens is 264 g/mol. The van der Waals surface area contributed by atoms with Gasteiger partial charge in [-0.25, -0.2) is 0 Å². The second-order valence-electron chi connectivity index (χ2n) is 5.92. The van der Waals surface area contributed by atoms with Crippen LogP contribution < -0.4 is 10.5 Å². The van der Waals surface area contributed by atoms with E-state index >= 15 is 0 Å². The summed E-state index contributed by atoms with van der Waals surface area (Å²) < 4.78 is 5.20. The van der Waals surface area contributed by atoms with Crippen molar-refractivity contribution in [2.75, 3.05) is 25.9 Å². The van der Waals surface area contributed by atoms with Gasteiger partial charge in [-0.3, -0.25) is 4.79 Å². The number of benzene rings is 1. The number of rotatable bonds is 4. The van der Waals surface area contributed by atoms with Crippen LogP contribution in [0.25, 0.3) is 0 Å². The molecule has 1 heterocycles. The molecule has 0 unspecified atom stereocenters. The molecule has 0 atom stereocenters. The van der Waals surface area contributed by atoms with E-state index in [0.29, 0.717) is 22.4 Å². The number of hydrogen-bond donors (Lipinski definition) is 1. The summed E-state index contributed by atoms with van der Waals surface area (Å²) in [5, 5.41) is 0. The lowest BCUT2D eigenvalue weighted by atomic mass is 9.74. The van der Waals surface area contributed by atoms with Crippen molar-refractivity contribution in [1.82, 2.24) is 4.90 Å². The maximum Gasteiger partial charge on any atom is 0.256 e. The quantitative estimate of drug-likeness (QED) is 0.865. The average Bonchev–Trinajstić information content (AvgIpc) is 2.54. The molecule has 4 heteroatoms. The third-order valence-corrected chi connectivity index (χ3v) is 5.13. The highest BCUT2D eigenvalue weighted by molar-refractivity contribution is 6.00. The molecule has 0 radical (unpaired) electrons.